The van der Waals surface area contributed by atoms with Crippen molar-refractivity contribution < 1.29 is 9.90 Å². The highest BCUT2D eigenvalue weighted by molar-refractivity contribution is 7.13. The minimum atomic E-state index is -1.02. The van der Waals surface area contributed by atoms with Gasteiger partial charge in [-0.1, -0.05) is 6.92 Å². The molecule has 1 N–H and O–H groups in total. The predicted molar refractivity (Wildman–Crippen MR) is 117 cm³/mol. The van der Waals surface area contributed by atoms with Crippen molar-refractivity contribution in [3.05, 3.63) is 57.6 Å². The summed E-state index contributed by atoms with van der Waals surface area (Å²) >= 11 is 1.43. The van der Waals surface area contributed by atoms with Crippen LogP contribution in [0.15, 0.2) is 40.8 Å². The minimum Gasteiger partial charge on any atom is -0.478 e. The Morgan fingerprint density at radius 1 is 1.20 bits per heavy atom. The number of carbonyl (C=O) groups is 1. The Balaban J connectivity index is 1.77. The first-order valence-corrected chi connectivity index (χ1v) is 11.0. The molecule has 0 amide bonds. The average molecular weight is 425 g/mol. The normalized spacial score (nSPS) is 14.3. The molecule has 30 heavy (non-hydrogen) atoms. The topological polar surface area (TPSA) is 88.3 Å². The molecule has 0 bridgehead atoms. The molecular weight excluding hydrogens is 400 g/mol. The molecule has 1 aliphatic heterocycles. The van der Waals surface area contributed by atoms with Crippen LogP contribution in [0.4, 0.5) is 0 Å². The van der Waals surface area contributed by atoms with Gasteiger partial charge in [-0.25, -0.2) is 9.78 Å². The molecule has 4 heterocycles. The summed E-state index contributed by atoms with van der Waals surface area (Å²) in [5.74, 6) is -1.02. The number of thiazole rings is 1. The molecule has 1 saturated heterocycles. The van der Waals surface area contributed by atoms with Crippen molar-refractivity contribution in [2.24, 2.45) is 0 Å². The van der Waals surface area contributed by atoms with E-state index in [1.54, 1.807) is 17.0 Å². The maximum absolute atomic E-state index is 13.4. The summed E-state index contributed by atoms with van der Waals surface area (Å²) in [7, 11) is 0. The second-order valence-corrected chi connectivity index (χ2v) is 8.21. The molecule has 7 nitrogen and oxygen atoms in total. The van der Waals surface area contributed by atoms with E-state index in [1.807, 2.05) is 24.4 Å². The fourth-order valence-electron chi connectivity index (χ4n) is 3.96. The lowest BCUT2D eigenvalue weighted by Crippen LogP contribution is -2.33. The third-order valence-electron chi connectivity index (χ3n) is 5.51. The molecule has 4 rings (SSSR count). The van der Waals surface area contributed by atoms with Gasteiger partial charge >= 0.3 is 5.97 Å². The fraction of sp³-hybridized carbons (Fsp3) is 0.364. The predicted octanol–water partition coefficient (Wildman–Crippen LogP) is 3.39. The van der Waals surface area contributed by atoms with Crippen molar-refractivity contribution in [1.29, 1.82) is 0 Å². The van der Waals surface area contributed by atoms with Gasteiger partial charge in [-0.2, -0.15) is 0 Å². The van der Waals surface area contributed by atoms with Crippen molar-refractivity contribution in [3.63, 3.8) is 0 Å². The molecule has 0 aliphatic carbocycles. The van der Waals surface area contributed by atoms with Gasteiger partial charge in [0.05, 0.1) is 16.8 Å². The van der Waals surface area contributed by atoms with Crippen LogP contribution in [0, 0.1) is 0 Å². The Hall–Kier alpha value is -2.84. The molecule has 3 aromatic rings. The number of pyridine rings is 2. The summed E-state index contributed by atoms with van der Waals surface area (Å²) in [5, 5.41) is 12.4. The highest BCUT2D eigenvalue weighted by atomic mass is 32.1. The lowest BCUT2D eigenvalue weighted by molar-refractivity contribution is 0.0694. The number of hydrogen-bond acceptors (Lipinski definition) is 6. The van der Waals surface area contributed by atoms with Crippen molar-refractivity contribution in [2.45, 2.75) is 32.7 Å². The van der Waals surface area contributed by atoms with Gasteiger partial charge < -0.3 is 14.6 Å². The molecule has 0 radical (unpaired) electrons. The highest BCUT2D eigenvalue weighted by Gasteiger charge is 2.21. The van der Waals surface area contributed by atoms with Crippen LogP contribution in [-0.4, -0.2) is 50.1 Å². The zero-order chi connectivity index (χ0) is 21.1. The van der Waals surface area contributed by atoms with E-state index in [1.165, 1.54) is 30.2 Å². The first-order chi connectivity index (χ1) is 14.6. The summed E-state index contributed by atoms with van der Waals surface area (Å²) in [4.78, 5) is 36.3. The number of aromatic carboxylic acids is 1. The van der Waals surface area contributed by atoms with Gasteiger partial charge in [-0.15, -0.1) is 11.3 Å². The van der Waals surface area contributed by atoms with Crippen LogP contribution in [0.25, 0.3) is 21.8 Å². The lowest BCUT2D eigenvalue weighted by atomic mass is 10.1. The Bertz CT molecular complexity index is 1100. The quantitative estimate of drug-likeness (QED) is 0.625. The van der Waals surface area contributed by atoms with Gasteiger partial charge in [0.2, 0.25) is 0 Å². The highest BCUT2D eigenvalue weighted by Crippen LogP contribution is 2.28. The number of rotatable bonds is 7. The zero-order valence-electron chi connectivity index (χ0n) is 16.9. The molecule has 0 atom stereocenters. The van der Waals surface area contributed by atoms with Gasteiger partial charge in [0.25, 0.3) is 5.56 Å². The first-order valence-electron chi connectivity index (χ1n) is 10.2. The number of carboxylic acids is 1. The molecule has 156 valence electrons. The lowest BCUT2D eigenvalue weighted by Gasteiger charge is -2.19. The maximum Gasteiger partial charge on any atom is 0.337 e. The summed E-state index contributed by atoms with van der Waals surface area (Å²) < 4.78 is 1.64. The molecule has 0 aromatic carbocycles. The Morgan fingerprint density at radius 2 is 1.93 bits per heavy atom. The van der Waals surface area contributed by atoms with Crippen LogP contribution < -0.4 is 5.56 Å². The SMILES string of the molecule is CCc1c(C(=O)O)cc(-c2csc(-c3ccncc3)n2)c(=O)n1CCN1CCCC1. The van der Waals surface area contributed by atoms with Gasteiger partial charge in [0.1, 0.15) is 5.01 Å². The van der Waals surface area contributed by atoms with Crippen LogP contribution in [0.5, 0.6) is 0 Å². The van der Waals surface area contributed by atoms with Crippen molar-refractivity contribution in [2.75, 3.05) is 19.6 Å². The van der Waals surface area contributed by atoms with Crippen LogP contribution in [0.2, 0.25) is 0 Å². The van der Waals surface area contributed by atoms with Gasteiger partial charge in [-0.3, -0.25) is 9.78 Å². The summed E-state index contributed by atoms with van der Waals surface area (Å²) in [6, 6.07) is 5.21. The average Bonchev–Trinajstić information content (AvgIpc) is 3.45. The van der Waals surface area contributed by atoms with E-state index in [0.717, 1.165) is 30.2 Å². The van der Waals surface area contributed by atoms with Crippen molar-refractivity contribution in [1.82, 2.24) is 19.4 Å². The standard InChI is InChI=1S/C22H24N4O3S/c1-2-19-17(22(28)29)13-16(21(27)26(19)12-11-25-9-3-4-10-25)18-14-30-20(24-18)15-5-7-23-8-6-15/h5-8,13-14H,2-4,9-12H2,1H3,(H,28,29). The van der Waals surface area contributed by atoms with Gasteiger partial charge in [-0.05, 0) is 50.6 Å². The number of aromatic nitrogens is 3. The van der Waals surface area contributed by atoms with E-state index in [-0.39, 0.29) is 11.1 Å². The van der Waals surface area contributed by atoms with E-state index < -0.39 is 5.97 Å². The Morgan fingerprint density at radius 3 is 2.60 bits per heavy atom. The van der Waals surface area contributed by atoms with E-state index in [0.29, 0.717) is 29.9 Å². The van der Waals surface area contributed by atoms with E-state index in [2.05, 4.69) is 14.9 Å². The van der Waals surface area contributed by atoms with Gasteiger partial charge in [0.15, 0.2) is 0 Å². The zero-order valence-corrected chi connectivity index (χ0v) is 17.7. The monoisotopic (exact) mass is 424 g/mol. The van der Waals surface area contributed by atoms with E-state index in [9.17, 15) is 14.7 Å². The Labute approximate surface area is 178 Å². The fourth-order valence-corrected chi connectivity index (χ4v) is 4.79. The van der Waals surface area contributed by atoms with Crippen LogP contribution in [-0.2, 0) is 13.0 Å². The molecule has 1 fully saturated rings. The van der Waals surface area contributed by atoms with E-state index in [4.69, 9.17) is 0 Å². The number of nitrogens with zero attached hydrogens (tertiary/aromatic N) is 4. The number of likely N-dealkylation sites (tertiary alicyclic amines) is 1. The number of carboxylic acid groups (broad SMARTS) is 1. The van der Waals surface area contributed by atoms with E-state index >= 15 is 0 Å². The molecular formula is C22H24N4O3S. The Kier molecular flexibility index (Phi) is 6.06. The molecule has 0 saturated carbocycles. The molecule has 8 heteroatoms. The minimum absolute atomic E-state index is 0.173. The van der Waals surface area contributed by atoms with Crippen LogP contribution >= 0.6 is 11.3 Å². The molecule has 0 spiro atoms. The van der Waals surface area contributed by atoms with Gasteiger partial charge in [0, 0.05) is 42.1 Å². The number of hydrogen-bond donors (Lipinski definition) is 1. The molecule has 3 aromatic heterocycles. The third kappa shape index (κ3) is 4.06. The third-order valence-corrected chi connectivity index (χ3v) is 6.40. The summed E-state index contributed by atoms with van der Waals surface area (Å²) in [6.45, 7) is 5.18. The van der Waals surface area contributed by atoms with Crippen LogP contribution in [0.1, 0.15) is 35.8 Å². The second kappa shape index (κ2) is 8.89. The summed E-state index contributed by atoms with van der Waals surface area (Å²) in [5.41, 5.74) is 2.33. The second-order valence-electron chi connectivity index (χ2n) is 7.36. The largest absolute Gasteiger partial charge is 0.478 e. The van der Waals surface area contributed by atoms with Crippen molar-refractivity contribution >= 4 is 17.3 Å². The van der Waals surface area contributed by atoms with Crippen LogP contribution in [0.3, 0.4) is 0 Å². The molecule has 0 unspecified atom stereocenters. The summed E-state index contributed by atoms with van der Waals surface area (Å²) in [6.07, 6.45) is 6.22. The maximum atomic E-state index is 13.4. The van der Waals surface area contributed by atoms with Crippen molar-refractivity contribution in [3.8, 4) is 21.8 Å². The molecule has 1 aliphatic rings. The first kappa shape index (κ1) is 20.4. The smallest absolute Gasteiger partial charge is 0.337 e.